The van der Waals surface area contributed by atoms with Crippen LogP contribution in [-0.4, -0.2) is 25.8 Å². The topological polar surface area (TPSA) is 21.3 Å². The molecule has 0 aliphatic carbocycles. The van der Waals surface area contributed by atoms with Crippen molar-refractivity contribution < 1.29 is 4.74 Å². The molecule has 1 unspecified atom stereocenters. The van der Waals surface area contributed by atoms with E-state index in [1.54, 1.807) is 0 Å². The van der Waals surface area contributed by atoms with Crippen molar-refractivity contribution >= 4 is 11.3 Å². The third-order valence-corrected chi connectivity index (χ3v) is 3.70. The van der Waals surface area contributed by atoms with Gasteiger partial charge in [0.15, 0.2) is 0 Å². The summed E-state index contributed by atoms with van der Waals surface area (Å²) >= 11 is 1.83. The molecule has 88 valence electrons. The van der Waals surface area contributed by atoms with Gasteiger partial charge in [0.25, 0.3) is 0 Å². The van der Waals surface area contributed by atoms with Gasteiger partial charge in [0.05, 0.1) is 13.2 Å². The van der Waals surface area contributed by atoms with Crippen LogP contribution in [0.25, 0.3) is 0 Å². The predicted octanol–water partition coefficient (Wildman–Crippen LogP) is 2.62. The maximum Gasteiger partial charge on any atom is 0.0623 e. The minimum Gasteiger partial charge on any atom is -0.379 e. The Balaban J connectivity index is 1.77. The van der Waals surface area contributed by atoms with Crippen molar-refractivity contribution in [2.45, 2.75) is 25.8 Å². The molecule has 1 saturated heterocycles. The SMILES string of the molecule is C/C(=C/Cc1cccs1)CC1COCCN1. The summed E-state index contributed by atoms with van der Waals surface area (Å²) in [4.78, 5) is 1.44. The van der Waals surface area contributed by atoms with Crippen LogP contribution >= 0.6 is 11.3 Å². The lowest BCUT2D eigenvalue weighted by molar-refractivity contribution is 0.0770. The van der Waals surface area contributed by atoms with E-state index in [0.29, 0.717) is 6.04 Å². The van der Waals surface area contributed by atoms with E-state index < -0.39 is 0 Å². The number of morpholine rings is 1. The normalized spacial score (nSPS) is 22.3. The van der Waals surface area contributed by atoms with Gasteiger partial charge in [-0.1, -0.05) is 17.7 Å². The van der Waals surface area contributed by atoms with Crippen LogP contribution in [0, 0.1) is 0 Å². The van der Waals surface area contributed by atoms with Gasteiger partial charge in [0.1, 0.15) is 0 Å². The van der Waals surface area contributed by atoms with Crippen LogP contribution in [-0.2, 0) is 11.2 Å². The Morgan fingerprint density at radius 1 is 1.69 bits per heavy atom. The molecule has 2 rings (SSSR count). The predicted molar refractivity (Wildman–Crippen MR) is 69.0 cm³/mol. The zero-order chi connectivity index (χ0) is 11.2. The number of hydrogen-bond acceptors (Lipinski definition) is 3. The molecule has 0 spiro atoms. The van der Waals surface area contributed by atoms with E-state index >= 15 is 0 Å². The number of hydrogen-bond donors (Lipinski definition) is 1. The summed E-state index contributed by atoms with van der Waals surface area (Å²) in [5.41, 5.74) is 1.46. The fourth-order valence-corrected chi connectivity index (χ4v) is 2.59. The van der Waals surface area contributed by atoms with Gasteiger partial charge in [0.2, 0.25) is 0 Å². The maximum absolute atomic E-state index is 5.45. The van der Waals surface area contributed by atoms with Gasteiger partial charge >= 0.3 is 0 Å². The molecule has 0 saturated carbocycles. The molecular formula is C13H19NOS. The third kappa shape index (κ3) is 3.74. The standard InChI is InChI=1S/C13H19NOS/c1-11(4-5-13-3-2-8-16-13)9-12-10-15-7-6-14-12/h2-4,8,12,14H,5-7,9-10H2,1H3/b11-4-. The number of thiophene rings is 1. The van der Waals surface area contributed by atoms with Gasteiger partial charge in [-0.3, -0.25) is 0 Å². The van der Waals surface area contributed by atoms with Crippen molar-refractivity contribution in [3.05, 3.63) is 34.0 Å². The third-order valence-electron chi connectivity index (χ3n) is 2.80. The zero-order valence-corrected chi connectivity index (χ0v) is 10.6. The minimum absolute atomic E-state index is 0.508. The second kappa shape index (κ2) is 6.18. The molecule has 2 heterocycles. The zero-order valence-electron chi connectivity index (χ0n) is 9.74. The van der Waals surface area contributed by atoms with Crippen LogP contribution in [0.5, 0.6) is 0 Å². The summed E-state index contributed by atoms with van der Waals surface area (Å²) in [6.45, 7) is 4.91. The molecule has 0 amide bonds. The highest BCUT2D eigenvalue weighted by Gasteiger charge is 2.12. The molecule has 0 bridgehead atoms. The van der Waals surface area contributed by atoms with E-state index in [1.165, 1.54) is 10.5 Å². The molecule has 1 aliphatic heterocycles. The number of ether oxygens (including phenoxy) is 1. The monoisotopic (exact) mass is 237 g/mol. The average Bonchev–Trinajstić information content (AvgIpc) is 2.81. The van der Waals surface area contributed by atoms with E-state index in [-0.39, 0.29) is 0 Å². The molecule has 16 heavy (non-hydrogen) atoms. The Bertz CT molecular complexity index is 326. The lowest BCUT2D eigenvalue weighted by Crippen LogP contribution is -2.41. The summed E-state index contributed by atoms with van der Waals surface area (Å²) in [6, 6.07) is 4.81. The van der Waals surface area contributed by atoms with Crippen LogP contribution in [0.4, 0.5) is 0 Å². The van der Waals surface area contributed by atoms with Crippen LogP contribution in [0.1, 0.15) is 18.2 Å². The maximum atomic E-state index is 5.45. The first-order valence-corrected chi connectivity index (χ1v) is 6.71. The van der Waals surface area contributed by atoms with Crippen molar-refractivity contribution in [1.29, 1.82) is 0 Å². The van der Waals surface area contributed by atoms with Gasteiger partial charge < -0.3 is 10.1 Å². The smallest absolute Gasteiger partial charge is 0.0623 e. The van der Waals surface area contributed by atoms with Gasteiger partial charge in [0, 0.05) is 17.5 Å². The summed E-state index contributed by atoms with van der Waals surface area (Å²) in [5.74, 6) is 0. The quantitative estimate of drug-likeness (QED) is 0.813. The van der Waals surface area contributed by atoms with Crippen molar-refractivity contribution in [2.75, 3.05) is 19.8 Å². The lowest BCUT2D eigenvalue weighted by Gasteiger charge is -2.24. The van der Waals surface area contributed by atoms with E-state index in [9.17, 15) is 0 Å². The molecule has 1 aromatic rings. The molecule has 0 aromatic carbocycles. The second-order valence-electron chi connectivity index (χ2n) is 4.26. The summed E-state index contributed by atoms with van der Waals surface area (Å²) in [6.07, 6.45) is 4.50. The first-order chi connectivity index (χ1) is 7.84. The van der Waals surface area contributed by atoms with Crippen molar-refractivity contribution in [2.24, 2.45) is 0 Å². The molecule has 1 N–H and O–H groups in total. The average molecular weight is 237 g/mol. The van der Waals surface area contributed by atoms with Crippen molar-refractivity contribution in [3.8, 4) is 0 Å². The highest BCUT2D eigenvalue weighted by atomic mass is 32.1. The number of nitrogens with one attached hydrogen (secondary N) is 1. The van der Waals surface area contributed by atoms with Crippen LogP contribution in [0.3, 0.4) is 0 Å². The van der Waals surface area contributed by atoms with Gasteiger partial charge in [-0.05, 0) is 31.2 Å². The Morgan fingerprint density at radius 2 is 2.62 bits per heavy atom. The van der Waals surface area contributed by atoms with Gasteiger partial charge in [-0.2, -0.15) is 0 Å². The second-order valence-corrected chi connectivity index (χ2v) is 5.30. The molecule has 0 radical (unpaired) electrons. The number of allylic oxidation sites excluding steroid dienone is 1. The van der Waals surface area contributed by atoms with Crippen LogP contribution < -0.4 is 5.32 Å². The Kier molecular flexibility index (Phi) is 4.57. The van der Waals surface area contributed by atoms with E-state index in [4.69, 9.17) is 4.74 Å². The number of rotatable bonds is 4. The van der Waals surface area contributed by atoms with Crippen LogP contribution in [0.2, 0.25) is 0 Å². The molecule has 1 fully saturated rings. The lowest BCUT2D eigenvalue weighted by atomic mass is 10.1. The fraction of sp³-hybridized carbons (Fsp3) is 0.538. The molecule has 1 aromatic heterocycles. The minimum atomic E-state index is 0.508. The van der Waals surface area contributed by atoms with Crippen molar-refractivity contribution in [3.63, 3.8) is 0 Å². The Labute approximate surface area is 101 Å². The van der Waals surface area contributed by atoms with E-state index in [0.717, 1.165) is 32.6 Å². The molecule has 3 heteroatoms. The molecule has 1 aliphatic rings. The van der Waals surface area contributed by atoms with Gasteiger partial charge in [-0.15, -0.1) is 11.3 Å². The fourth-order valence-electron chi connectivity index (χ4n) is 1.93. The highest BCUT2D eigenvalue weighted by Crippen LogP contribution is 2.13. The van der Waals surface area contributed by atoms with Crippen molar-refractivity contribution in [1.82, 2.24) is 5.32 Å². The van der Waals surface area contributed by atoms with E-state index in [1.807, 2.05) is 11.3 Å². The molecule has 2 nitrogen and oxygen atoms in total. The molecular weight excluding hydrogens is 218 g/mol. The van der Waals surface area contributed by atoms with E-state index in [2.05, 4.69) is 35.8 Å². The highest BCUT2D eigenvalue weighted by molar-refractivity contribution is 7.09. The summed E-state index contributed by atoms with van der Waals surface area (Å²) < 4.78 is 5.45. The van der Waals surface area contributed by atoms with Crippen LogP contribution in [0.15, 0.2) is 29.2 Å². The Morgan fingerprint density at radius 3 is 3.31 bits per heavy atom. The largest absolute Gasteiger partial charge is 0.379 e. The molecule has 1 atom stereocenters. The first kappa shape index (κ1) is 11.8. The Hall–Kier alpha value is -0.640. The van der Waals surface area contributed by atoms with Gasteiger partial charge in [-0.25, -0.2) is 0 Å². The summed E-state index contributed by atoms with van der Waals surface area (Å²) in [5, 5.41) is 5.61. The summed E-state index contributed by atoms with van der Waals surface area (Å²) in [7, 11) is 0. The first-order valence-electron chi connectivity index (χ1n) is 5.84.